The number of hydrogen-bond acceptors (Lipinski definition) is 6. The Balaban J connectivity index is 2.59. The van der Waals surface area contributed by atoms with Crippen LogP contribution in [0, 0.1) is 0 Å². The third-order valence-corrected chi connectivity index (χ3v) is 3.28. The number of ether oxygens (including phenoxy) is 1. The van der Waals surface area contributed by atoms with E-state index in [1.54, 1.807) is 6.92 Å². The van der Waals surface area contributed by atoms with E-state index in [9.17, 15) is 23.1 Å². The number of aromatic nitrogens is 2. The minimum Gasteiger partial charge on any atom is -0.462 e. The van der Waals surface area contributed by atoms with Gasteiger partial charge in [0.25, 0.3) is 0 Å². The number of hydrogen-bond donors (Lipinski definition) is 2. The van der Waals surface area contributed by atoms with Gasteiger partial charge in [-0.25, -0.2) is 4.79 Å². The number of nitrogen functional groups attached to an aromatic ring is 1. The van der Waals surface area contributed by atoms with Gasteiger partial charge in [-0.3, -0.25) is 0 Å². The zero-order valence-electron chi connectivity index (χ0n) is 12.5. The predicted octanol–water partition coefficient (Wildman–Crippen LogP) is 2.03. The summed E-state index contributed by atoms with van der Waals surface area (Å²) in [5.74, 6) is -0.865. The van der Waals surface area contributed by atoms with Crippen LogP contribution in [0.4, 0.5) is 18.9 Å². The van der Waals surface area contributed by atoms with Crippen molar-refractivity contribution < 1.29 is 27.8 Å². The number of carbonyl (C=O) groups is 1. The van der Waals surface area contributed by atoms with Crippen molar-refractivity contribution in [2.24, 2.45) is 0 Å². The number of nitrogens with two attached hydrogens (primary N) is 1. The Kier molecular flexibility index (Phi) is 4.74. The summed E-state index contributed by atoms with van der Waals surface area (Å²) in [7, 11) is 0. The van der Waals surface area contributed by atoms with E-state index < -0.39 is 29.0 Å². The van der Waals surface area contributed by atoms with Gasteiger partial charge in [0.05, 0.1) is 18.4 Å². The standard InChI is InChI=1S/C15H14F3N3O3/c1-2-24-13(22)9-7-12(21-20-8-9)14(23,15(16,17)18)10-3-5-11(19)6-4-10/h3-8,23H,2,19H2,1H3. The van der Waals surface area contributed by atoms with Gasteiger partial charge < -0.3 is 15.6 Å². The molecule has 0 aliphatic rings. The molecule has 1 heterocycles. The maximum absolute atomic E-state index is 13.6. The summed E-state index contributed by atoms with van der Waals surface area (Å²) in [5.41, 5.74) is 0.653. The van der Waals surface area contributed by atoms with Crippen LogP contribution in [-0.4, -0.2) is 34.1 Å². The van der Waals surface area contributed by atoms with Gasteiger partial charge in [-0.15, -0.1) is 0 Å². The van der Waals surface area contributed by atoms with E-state index in [-0.39, 0.29) is 17.9 Å². The Morgan fingerprint density at radius 1 is 1.29 bits per heavy atom. The van der Waals surface area contributed by atoms with Gasteiger partial charge in [0, 0.05) is 5.69 Å². The first-order valence-electron chi connectivity index (χ1n) is 6.85. The van der Waals surface area contributed by atoms with Crippen molar-refractivity contribution in [2.75, 3.05) is 12.3 Å². The van der Waals surface area contributed by atoms with E-state index in [2.05, 4.69) is 10.2 Å². The SMILES string of the molecule is CCOC(=O)c1cnnc(C(O)(c2ccc(N)cc2)C(F)(F)F)c1. The van der Waals surface area contributed by atoms with Gasteiger partial charge in [0.15, 0.2) is 0 Å². The van der Waals surface area contributed by atoms with Crippen LogP contribution < -0.4 is 5.73 Å². The number of alkyl halides is 3. The van der Waals surface area contributed by atoms with Crippen LogP contribution in [0.5, 0.6) is 0 Å². The molecular weight excluding hydrogens is 327 g/mol. The van der Waals surface area contributed by atoms with Gasteiger partial charge in [0.2, 0.25) is 5.60 Å². The fraction of sp³-hybridized carbons (Fsp3) is 0.267. The van der Waals surface area contributed by atoms with Crippen molar-refractivity contribution in [2.45, 2.75) is 18.7 Å². The van der Waals surface area contributed by atoms with Crippen LogP contribution in [0.1, 0.15) is 28.5 Å². The molecule has 1 aromatic carbocycles. The lowest BCUT2D eigenvalue weighted by Gasteiger charge is -2.30. The van der Waals surface area contributed by atoms with Gasteiger partial charge in [-0.1, -0.05) is 12.1 Å². The maximum Gasteiger partial charge on any atom is 0.427 e. The number of nitrogens with zero attached hydrogens (tertiary/aromatic N) is 2. The fourth-order valence-corrected chi connectivity index (χ4v) is 2.05. The molecule has 9 heteroatoms. The smallest absolute Gasteiger partial charge is 0.427 e. The van der Waals surface area contributed by atoms with E-state index in [1.807, 2.05) is 0 Å². The molecule has 0 aliphatic carbocycles. The third-order valence-electron chi connectivity index (χ3n) is 3.28. The highest BCUT2D eigenvalue weighted by atomic mass is 19.4. The Hall–Kier alpha value is -2.68. The molecule has 3 N–H and O–H groups in total. The molecule has 0 saturated carbocycles. The summed E-state index contributed by atoms with van der Waals surface area (Å²) in [6.07, 6.45) is -4.15. The number of carbonyl (C=O) groups excluding carboxylic acids is 1. The second kappa shape index (κ2) is 6.44. The van der Waals surface area contributed by atoms with Gasteiger partial charge in [0.1, 0.15) is 5.69 Å². The lowest BCUT2D eigenvalue weighted by molar-refractivity contribution is -0.250. The molecule has 24 heavy (non-hydrogen) atoms. The quantitative estimate of drug-likeness (QED) is 0.652. The van der Waals surface area contributed by atoms with Gasteiger partial charge in [-0.05, 0) is 30.7 Å². The average molecular weight is 341 g/mol. The first-order chi connectivity index (χ1) is 11.2. The van der Waals surface area contributed by atoms with Crippen molar-refractivity contribution >= 4 is 11.7 Å². The van der Waals surface area contributed by atoms with Crippen molar-refractivity contribution in [3.8, 4) is 0 Å². The average Bonchev–Trinajstić information content (AvgIpc) is 2.54. The molecule has 1 atom stereocenters. The molecular formula is C15H14F3N3O3. The van der Waals surface area contributed by atoms with E-state index in [4.69, 9.17) is 10.5 Å². The van der Waals surface area contributed by atoms with E-state index in [0.717, 1.165) is 24.4 Å². The third kappa shape index (κ3) is 3.16. The summed E-state index contributed by atoms with van der Waals surface area (Å²) in [6, 6.07) is 5.29. The second-order valence-corrected chi connectivity index (χ2v) is 4.88. The Morgan fingerprint density at radius 2 is 1.92 bits per heavy atom. The fourth-order valence-electron chi connectivity index (χ4n) is 2.05. The second-order valence-electron chi connectivity index (χ2n) is 4.88. The molecule has 0 amide bonds. The predicted molar refractivity (Wildman–Crippen MR) is 77.9 cm³/mol. The number of halogens is 3. The van der Waals surface area contributed by atoms with Crippen LogP contribution >= 0.6 is 0 Å². The van der Waals surface area contributed by atoms with Crippen LogP contribution in [0.25, 0.3) is 0 Å². The molecule has 1 unspecified atom stereocenters. The maximum atomic E-state index is 13.6. The van der Waals surface area contributed by atoms with Crippen LogP contribution in [-0.2, 0) is 10.3 Å². The molecule has 128 valence electrons. The van der Waals surface area contributed by atoms with Crippen molar-refractivity contribution in [1.82, 2.24) is 10.2 Å². The number of rotatable bonds is 4. The summed E-state index contributed by atoms with van der Waals surface area (Å²) >= 11 is 0. The van der Waals surface area contributed by atoms with Crippen molar-refractivity contribution in [3.05, 3.63) is 53.3 Å². The molecule has 0 saturated heterocycles. The summed E-state index contributed by atoms with van der Waals surface area (Å²) in [6.45, 7) is 1.59. The highest BCUT2D eigenvalue weighted by molar-refractivity contribution is 5.89. The summed E-state index contributed by atoms with van der Waals surface area (Å²) in [5, 5.41) is 17.1. The van der Waals surface area contributed by atoms with Gasteiger partial charge >= 0.3 is 12.1 Å². The highest BCUT2D eigenvalue weighted by Crippen LogP contribution is 2.43. The molecule has 0 bridgehead atoms. The molecule has 2 aromatic rings. The lowest BCUT2D eigenvalue weighted by atomic mass is 9.88. The zero-order valence-corrected chi connectivity index (χ0v) is 12.5. The van der Waals surface area contributed by atoms with Crippen molar-refractivity contribution in [1.29, 1.82) is 0 Å². The minimum absolute atomic E-state index is 0.0397. The largest absolute Gasteiger partial charge is 0.462 e. The van der Waals surface area contributed by atoms with Gasteiger partial charge in [-0.2, -0.15) is 23.4 Å². The van der Waals surface area contributed by atoms with Crippen LogP contribution in [0.3, 0.4) is 0 Å². The Labute approximate surface area is 135 Å². The Morgan fingerprint density at radius 3 is 2.46 bits per heavy atom. The molecule has 2 rings (SSSR count). The van der Waals surface area contributed by atoms with Crippen LogP contribution in [0.2, 0.25) is 0 Å². The highest BCUT2D eigenvalue weighted by Gasteiger charge is 2.57. The number of esters is 1. The molecule has 0 radical (unpaired) electrons. The minimum atomic E-state index is -5.11. The lowest BCUT2D eigenvalue weighted by Crippen LogP contribution is -2.44. The van der Waals surface area contributed by atoms with E-state index >= 15 is 0 Å². The van der Waals surface area contributed by atoms with E-state index in [1.165, 1.54) is 12.1 Å². The summed E-state index contributed by atoms with van der Waals surface area (Å²) < 4.78 is 45.5. The molecule has 0 aliphatic heterocycles. The molecule has 1 aromatic heterocycles. The monoisotopic (exact) mass is 341 g/mol. The normalized spacial score (nSPS) is 14.0. The number of anilines is 1. The van der Waals surface area contributed by atoms with E-state index in [0.29, 0.717) is 0 Å². The Bertz CT molecular complexity index is 735. The van der Waals surface area contributed by atoms with Crippen LogP contribution in [0.15, 0.2) is 36.5 Å². The van der Waals surface area contributed by atoms with Crippen molar-refractivity contribution in [3.63, 3.8) is 0 Å². The molecule has 0 spiro atoms. The molecule has 0 fully saturated rings. The summed E-state index contributed by atoms with van der Waals surface area (Å²) in [4.78, 5) is 11.7. The first kappa shape index (κ1) is 17.7. The topological polar surface area (TPSA) is 98.3 Å². The number of aliphatic hydroxyl groups is 1. The first-order valence-corrected chi connectivity index (χ1v) is 6.85. The zero-order chi connectivity index (χ0) is 18.0. The number of benzene rings is 1. The molecule has 6 nitrogen and oxygen atoms in total.